The summed E-state index contributed by atoms with van der Waals surface area (Å²) in [7, 11) is -9.08. The summed E-state index contributed by atoms with van der Waals surface area (Å²) < 4.78 is 24.2. The third kappa shape index (κ3) is 6.94. The molecule has 2 atom stereocenters. The Morgan fingerprint density at radius 2 is 0.875 bits per heavy atom. The second-order valence-corrected chi connectivity index (χ2v) is 10.8. The summed E-state index contributed by atoms with van der Waals surface area (Å²) in [5.74, 6) is -2.50. The topological polar surface area (TPSA) is 139 Å². The van der Waals surface area contributed by atoms with E-state index in [0.717, 1.165) is 11.1 Å². The summed E-state index contributed by atoms with van der Waals surface area (Å²) >= 11 is 0. The molecule has 0 aliphatic heterocycles. The van der Waals surface area contributed by atoms with E-state index in [9.17, 15) is 28.7 Å². The first-order valence-corrected chi connectivity index (χ1v) is 13.3. The van der Waals surface area contributed by atoms with Gasteiger partial charge < -0.3 is 19.6 Å². The fourth-order valence-electron chi connectivity index (χ4n) is 3.34. The van der Waals surface area contributed by atoms with Gasteiger partial charge in [-0.2, -0.15) is 0 Å². The molecule has 3 aromatic rings. The lowest BCUT2D eigenvalue weighted by Gasteiger charge is -2.23. The van der Waals surface area contributed by atoms with E-state index < -0.39 is 26.8 Å². The number of hydrogen-bond donors (Lipinski definition) is 6. The zero-order chi connectivity index (χ0) is 23.2. The van der Waals surface area contributed by atoms with Gasteiger partial charge in [0.25, 0.3) is 0 Å². The van der Waals surface area contributed by atoms with E-state index in [-0.39, 0.29) is 13.1 Å². The van der Waals surface area contributed by atoms with Crippen LogP contribution in [-0.4, -0.2) is 19.6 Å². The SMILES string of the molecule is O=P(O)(O)C(NCc1ccccc1)c1ccc(C(NCc2ccccc2)P(=O)(O)O)cc1. The lowest BCUT2D eigenvalue weighted by molar-refractivity contribution is 0.344. The Hall–Kier alpha value is -2.12. The molecule has 0 spiro atoms. The van der Waals surface area contributed by atoms with Crippen LogP contribution < -0.4 is 10.6 Å². The molecule has 0 amide bonds. The summed E-state index contributed by atoms with van der Waals surface area (Å²) in [6, 6.07) is 24.3. The number of benzene rings is 3. The average molecular weight is 476 g/mol. The van der Waals surface area contributed by atoms with Crippen molar-refractivity contribution in [3.8, 4) is 0 Å². The molecular formula is C22H26N2O6P2. The van der Waals surface area contributed by atoms with Gasteiger partial charge in [0.15, 0.2) is 0 Å². The van der Waals surface area contributed by atoms with Gasteiger partial charge in [0.1, 0.15) is 11.6 Å². The van der Waals surface area contributed by atoms with Crippen LogP contribution in [-0.2, 0) is 22.2 Å². The van der Waals surface area contributed by atoms with Crippen molar-refractivity contribution >= 4 is 15.2 Å². The van der Waals surface area contributed by atoms with Gasteiger partial charge in [0.05, 0.1) is 0 Å². The Labute approximate surface area is 186 Å². The van der Waals surface area contributed by atoms with Gasteiger partial charge in [-0.1, -0.05) is 84.9 Å². The lowest BCUT2D eigenvalue weighted by Crippen LogP contribution is -2.22. The van der Waals surface area contributed by atoms with Crippen LogP contribution in [0.5, 0.6) is 0 Å². The van der Waals surface area contributed by atoms with Crippen molar-refractivity contribution in [3.63, 3.8) is 0 Å². The van der Waals surface area contributed by atoms with Crippen LogP contribution in [0, 0.1) is 0 Å². The van der Waals surface area contributed by atoms with Crippen molar-refractivity contribution in [2.45, 2.75) is 24.7 Å². The second-order valence-electron chi connectivity index (χ2n) is 7.38. The first-order valence-electron chi connectivity index (χ1n) is 9.89. The average Bonchev–Trinajstić information content (AvgIpc) is 2.75. The van der Waals surface area contributed by atoms with E-state index in [1.807, 2.05) is 60.7 Å². The molecule has 0 radical (unpaired) electrons. The summed E-state index contributed by atoms with van der Waals surface area (Å²) in [6.07, 6.45) is 0. The maximum atomic E-state index is 12.1. The highest BCUT2D eigenvalue weighted by molar-refractivity contribution is 7.52. The predicted octanol–water partition coefficient (Wildman–Crippen LogP) is 3.62. The van der Waals surface area contributed by atoms with Crippen LogP contribution in [0.2, 0.25) is 0 Å². The number of rotatable bonds is 10. The normalized spacial score (nSPS) is 14.1. The third-order valence-electron chi connectivity index (χ3n) is 4.93. The molecule has 0 aromatic heterocycles. The maximum absolute atomic E-state index is 12.1. The monoisotopic (exact) mass is 476 g/mol. The Balaban J connectivity index is 1.78. The van der Waals surface area contributed by atoms with Crippen LogP contribution in [0.1, 0.15) is 33.8 Å². The van der Waals surface area contributed by atoms with Gasteiger partial charge in [0, 0.05) is 13.1 Å². The Kier molecular flexibility index (Phi) is 8.17. The quantitative estimate of drug-likeness (QED) is 0.244. The van der Waals surface area contributed by atoms with E-state index in [1.165, 1.54) is 24.3 Å². The fourth-order valence-corrected chi connectivity index (χ4v) is 5.12. The van der Waals surface area contributed by atoms with Crippen LogP contribution in [0.3, 0.4) is 0 Å². The smallest absolute Gasteiger partial charge is 0.323 e. The highest BCUT2D eigenvalue weighted by atomic mass is 31.2. The molecule has 0 heterocycles. The number of hydrogen-bond acceptors (Lipinski definition) is 4. The van der Waals surface area contributed by atoms with Gasteiger partial charge >= 0.3 is 15.2 Å². The molecule has 2 unspecified atom stereocenters. The molecule has 8 nitrogen and oxygen atoms in total. The Morgan fingerprint density at radius 3 is 1.16 bits per heavy atom. The zero-order valence-electron chi connectivity index (χ0n) is 17.2. The van der Waals surface area contributed by atoms with Crippen molar-refractivity contribution < 1.29 is 28.7 Å². The van der Waals surface area contributed by atoms with Crippen molar-refractivity contribution in [2.75, 3.05) is 0 Å². The van der Waals surface area contributed by atoms with E-state index >= 15 is 0 Å². The van der Waals surface area contributed by atoms with Crippen LogP contribution in [0.15, 0.2) is 84.9 Å². The molecule has 0 saturated carbocycles. The van der Waals surface area contributed by atoms with E-state index in [1.54, 1.807) is 0 Å². The van der Waals surface area contributed by atoms with Gasteiger partial charge in [-0.25, -0.2) is 0 Å². The van der Waals surface area contributed by atoms with E-state index in [0.29, 0.717) is 11.1 Å². The summed E-state index contributed by atoms with van der Waals surface area (Å²) in [5, 5.41) is 5.77. The summed E-state index contributed by atoms with van der Waals surface area (Å²) in [4.78, 5) is 39.4. The van der Waals surface area contributed by atoms with Crippen LogP contribution in [0.4, 0.5) is 0 Å². The molecule has 3 rings (SSSR count). The van der Waals surface area contributed by atoms with E-state index in [4.69, 9.17) is 0 Å². The van der Waals surface area contributed by atoms with Crippen molar-refractivity contribution in [1.82, 2.24) is 10.6 Å². The maximum Gasteiger partial charge on any atom is 0.346 e. The Morgan fingerprint density at radius 1 is 0.562 bits per heavy atom. The van der Waals surface area contributed by atoms with Crippen molar-refractivity contribution in [1.29, 1.82) is 0 Å². The third-order valence-corrected chi connectivity index (χ3v) is 7.23. The Bertz CT molecular complexity index is 996. The minimum absolute atomic E-state index is 0.252. The van der Waals surface area contributed by atoms with Gasteiger partial charge in [-0.15, -0.1) is 0 Å². The molecular weight excluding hydrogens is 450 g/mol. The predicted molar refractivity (Wildman–Crippen MR) is 123 cm³/mol. The van der Waals surface area contributed by atoms with Crippen molar-refractivity contribution in [2.24, 2.45) is 0 Å². The standard InChI is InChI=1S/C22H26N2O6P2/c25-31(26,27)21(23-15-17-7-3-1-4-8-17)19-11-13-20(14-12-19)22(32(28,29)30)24-16-18-9-5-2-6-10-18/h1-14,21-24H,15-16H2,(H2,25,26,27)(H2,28,29,30). The van der Waals surface area contributed by atoms with Crippen LogP contribution in [0.25, 0.3) is 0 Å². The highest BCUT2D eigenvalue weighted by Crippen LogP contribution is 2.52. The molecule has 170 valence electrons. The first kappa shape index (κ1) is 24.5. The number of nitrogens with one attached hydrogen (secondary N) is 2. The molecule has 10 heteroatoms. The van der Waals surface area contributed by atoms with Gasteiger partial charge in [-0.3, -0.25) is 19.8 Å². The second kappa shape index (κ2) is 10.7. The molecule has 0 fully saturated rings. The molecule has 0 bridgehead atoms. The molecule has 0 saturated heterocycles. The van der Waals surface area contributed by atoms with E-state index in [2.05, 4.69) is 10.6 Å². The van der Waals surface area contributed by atoms with Crippen molar-refractivity contribution in [3.05, 3.63) is 107 Å². The summed E-state index contributed by atoms with van der Waals surface area (Å²) in [5.41, 5.74) is 2.39. The molecule has 3 aromatic carbocycles. The molecule has 6 N–H and O–H groups in total. The highest BCUT2D eigenvalue weighted by Gasteiger charge is 2.32. The summed E-state index contributed by atoms with van der Waals surface area (Å²) in [6.45, 7) is 0.504. The fraction of sp³-hybridized carbons (Fsp3) is 0.182. The first-order chi connectivity index (χ1) is 15.1. The lowest BCUT2D eigenvalue weighted by atomic mass is 10.1. The molecule has 32 heavy (non-hydrogen) atoms. The molecule has 0 aliphatic carbocycles. The van der Waals surface area contributed by atoms with Crippen LogP contribution >= 0.6 is 15.2 Å². The molecule has 0 aliphatic rings. The largest absolute Gasteiger partial charge is 0.346 e. The van der Waals surface area contributed by atoms with Gasteiger partial charge in [0.2, 0.25) is 0 Å². The van der Waals surface area contributed by atoms with Gasteiger partial charge in [-0.05, 0) is 22.3 Å². The zero-order valence-corrected chi connectivity index (χ0v) is 18.9. The minimum atomic E-state index is -4.54. The minimum Gasteiger partial charge on any atom is -0.323 e.